The summed E-state index contributed by atoms with van der Waals surface area (Å²) in [5, 5.41) is 5.74. The fourth-order valence-electron chi connectivity index (χ4n) is 4.07. The SMILES string of the molecule is COc1ccccc1NC(=O)N1CCC2(CC1)NC(=O)N(Cc1ccc(C)cc1)C2=O. The maximum absolute atomic E-state index is 13.1. The summed E-state index contributed by atoms with van der Waals surface area (Å²) in [7, 11) is 1.55. The fourth-order valence-corrected chi connectivity index (χ4v) is 4.07. The van der Waals surface area contributed by atoms with Crippen LogP contribution in [-0.4, -0.2) is 53.5 Å². The number of para-hydroxylation sites is 2. The summed E-state index contributed by atoms with van der Waals surface area (Å²) in [5.41, 5.74) is 1.67. The Morgan fingerprint density at radius 2 is 1.77 bits per heavy atom. The first-order valence-corrected chi connectivity index (χ1v) is 10.3. The Bertz CT molecular complexity index is 997. The molecule has 2 aliphatic heterocycles. The molecule has 0 radical (unpaired) electrons. The predicted octanol–water partition coefficient (Wildman–Crippen LogP) is 3.12. The first kappa shape index (κ1) is 20.7. The van der Waals surface area contributed by atoms with Crippen LogP contribution in [0.2, 0.25) is 0 Å². The first-order chi connectivity index (χ1) is 14.9. The molecule has 0 aromatic heterocycles. The number of hydrogen-bond donors (Lipinski definition) is 2. The van der Waals surface area contributed by atoms with E-state index in [2.05, 4.69) is 10.6 Å². The van der Waals surface area contributed by atoms with Crippen molar-refractivity contribution in [3.05, 3.63) is 59.7 Å². The van der Waals surface area contributed by atoms with Crippen molar-refractivity contribution in [3.8, 4) is 5.75 Å². The number of anilines is 1. The molecule has 31 heavy (non-hydrogen) atoms. The van der Waals surface area contributed by atoms with Gasteiger partial charge in [0, 0.05) is 13.1 Å². The van der Waals surface area contributed by atoms with Gasteiger partial charge in [-0.15, -0.1) is 0 Å². The number of nitrogens with one attached hydrogen (secondary N) is 2. The largest absolute Gasteiger partial charge is 0.495 e. The normalized spacial score (nSPS) is 17.6. The lowest BCUT2D eigenvalue weighted by Crippen LogP contribution is -2.56. The maximum atomic E-state index is 13.1. The molecule has 8 heteroatoms. The number of piperidine rings is 1. The van der Waals surface area contributed by atoms with E-state index in [4.69, 9.17) is 4.74 Å². The van der Waals surface area contributed by atoms with Crippen LogP contribution in [0.5, 0.6) is 5.75 Å². The molecule has 8 nitrogen and oxygen atoms in total. The molecule has 5 amide bonds. The average molecular weight is 422 g/mol. The zero-order valence-corrected chi connectivity index (χ0v) is 17.7. The summed E-state index contributed by atoms with van der Waals surface area (Å²) in [6, 6.07) is 14.3. The number of benzene rings is 2. The first-order valence-electron chi connectivity index (χ1n) is 10.3. The number of urea groups is 2. The molecule has 2 aliphatic rings. The van der Waals surface area contributed by atoms with E-state index in [1.54, 1.807) is 24.1 Å². The van der Waals surface area contributed by atoms with Crippen molar-refractivity contribution in [2.75, 3.05) is 25.5 Å². The number of hydrogen-bond acceptors (Lipinski definition) is 4. The third kappa shape index (κ3) is 4.05. The molecule has 2 fully saturated rings. The van der Waals surface area contributed by atoms with Crippen LogP contribution in [0.15, 0.2) is 48.5 Å². The van der Waals surface area contributed by atoms with Crippen LogP contribution in [0.25, 0.3) is 0 Å². The van der Waals surface area contributed by atoms with Crippen LogP contribution in [0.3, 0.4) is 0 Å². The van der Waals surface area contributed by atoms with Crippen molar-refractivity contribution in [1.29, 1.82) is 0 Å². The Morgan fingerprint density at radius 3 is 2.45 bits per heavy atom. The van der Waals surface area contributed by atoms with E-state index in [1.807, 2.05) is 43.3 Å². The molecule has 2 heterocycles. The highest BCUT2D eigenvalue weighted by molar-refractivity contribution is 6.07. The molecule has 2 aromatic carbocycles. The van der Waals surface area contributed by atoms with E-state index in [-0.39, 0.29) is 24.5 Å². The number of nitrogens with zero attached hydrogens (tertiary/aromatic N) is 2. The lowest BCUT2D eigenvalue weighted by atomic mass is 9.87. The highest BCUT2D eigenvalue weighted by Crippen LogP contribution is 2.31. The minimum Gasteiger partial charge on any atom is -0.495 e. The molecular formula is C23H26N4O4. The van der Waals surface area contributed by atoms with E-state index >= 15 is 0 Å². The van der Waals surface area contributed by atoms with Crippen molar-refractivity contribution >= 4 is 23.7 Å². The van der Waals surface area contributed by atoms with Gasteiger partial charge in [0.05, 0.1) is 19.3 Å². The van der Waals surface area contributed by atoms with Crippen molar-refractivity contribution < 1.29 is 19.1 Å². The molecule has 1 spiro atoms. The van der Waals surface area contributed by atoms with Gasteiger partial charge in [-0.1, -0.05) is 42.0 Å². The lowest BCUT2D eigenvalue weighted by Gasteiger charge is -2.37. The minimum absolute atomic E-state index is 0.220. The Kier molecular flexibility index (Phi) is 5.54. The maximum Gasteiger partial charge on any atom is 0.325 e. The summed E-state index contributed by atoms with van der Waals surface area (Å²) in [6.07, 6.45) is 0.753. The van der Waals surface area contributed by atoms with E-state index in [9.17, 15) is 14.4 Å². The van der Waals surface area contributed by atoms with Crippen LogP contribution in [0, 0.1) is 6.92 Å². The van der Waals surface area contributed by atoms with E-state index in [1.165, 1.54) is 4.90 Å². The molecule has 0 aliphatic carbocycles. The van der Waals surface area contributed by atoms with Crippen LogP contribution >= 0.6 is 0 Å². The minimum atomic E-state index is -0.941. The Labute approximate surface area is 181 Å². The predicted molar refractivity (Wildman–Crippen MR) is 116 cm³/mol. The summed E-state index contributed by atoms with van der Waals surface area (Å²) >= 11 is 0. The van der Waals surface area contributed by atoms with Crippen LogP contribution < -0.4 is 15.4 Å². The Morgan fingerprint density at radius 1 is 1.10 bits per heavy atom. The van der Waals surface area contributed by atoms with Crippen molar-refractivity contribution in [2.24, 2.45) is 0 Å². The summed E-state index contributed by atoms with van der Waals surface area (Å²) in [6.45, 7) is 2.96. The number of rotatable bonds is 4. The topological polar surface area (TPSA) is 91.0 Å². The van der Waals surface area contributed by atoms with Gasteiger partial charge in [0.25, 0.3) is 5.91 Å². The Hall–Kier alpha value is -3.55. The third-order valence-electron chi connectivity index (χ3n) is 5.96. The monoisotopic (exact) mass is 422 g/mol. The van der Waals surface area contributed by atoms with E-state index in [0.717, 1.165) is 11.1 Å². The van der Waals surface area contributed by atoms with Gasteiger partial charge in [0.1, 0.15) is 11.3 Å². The summed E-state index contributed by atoms with van der Waals surface area (Å²) in [5.74, 6) is 0.358. The number of carbonyl (C=O) groups excluding carboxylic acids is 3. The highest BCUT2D eigenvalue weighted by atomic mass is 16.5. The molecule has 2 aromatic rings. The van der Waals surface area contributed by atoms with Crippen molar-refractivity contribution in [2.45, 2.75) is 31.8 Å². The van der Waals surface area contributed by atoms with Gasteiger partial charge < -0.3 is 20.3 Å². The van der Waals surface area contributed by atoms with Gasteiger partial charge in [-0.3, -0.25) is 9.69 Å². The molecule has 0 atom stereocenters. The van der Waals surface area contributed by atoms with Gasteiger partial charge in [-0.25, -0.2) is 9.59 Å². The second-order valence-electron chi connectivity index (χ2n) is 8.01. The summed E-state index contributed by atoms with van der Waals surface area (Å²) < 4.78 is 5.27. The molecule has 0 bridgehead atoms. The fraction of sp³-hybridized carbons (Fsp3) is 0.348. The van der Waals surface area contributed by atoms with E-state index < -0.39 is 5.54 Å². The molecule has 0 unspecified atom stereocenters. The lowest BCUT2D eigenvalue weighted by molar-refractivity contribution is -0.133. The van der Waals surface area contributed by atoms with Crippen LogP contribution in [0.4, 0.5) is 15.3 Å². The highest BCUT2D eigenvalue weighted by Gasteiger charge is 2.52. The average Bonchev–Trinajstić information content (AvgIpc) is 3.00. The number of carbonyl (C=O) groups is 3. The van der Waals surface area contributed by atoms with Gasteiger partial charge in [-0.05, 0) is 37.5 Å². The van der Waals surface area contributed by atoms with E-state index in [0.29, 0.717) is 37.4 Å². The van der Waals surface area contributed by atoms with Gasteiger partial charge in [0.2, 0.25) is 0 Å². The number of imide groups is 1. The number of ether oxygens (including phenoxy) is 1. The van der Waals surface area contributed by atoms with Gasteiger partial charge >= 0.3 is 12.1 Å². The number of methoxy groups -OCH3 is 1. The van der Waals surface area contributed by atoms with Crippen molar-refractivity contribution in [1.82, 2.24) is 15.1 Å². The molecule has 162 valence electrons. The zero-order chi connectivity index (χ0) is 22.0. The van der Waals surface area contributed by atoms with Crippen molar-refractivity contribution in [3.63, 3.8) is 0 Å². The molecule has 2 saturated heterocycles. The second kappa shape index (κ2) is 8.29. The van der Waals surface area contributed by atoms with Gasteiger partial charge in [-0.2, -0.15) is 0 Å². The van der Waals surface area contributed by atoms with Crippen LogP contribution in [0.1, 0.15) is 24.0 Å². The van der Waals surface area contributed by atoms with Crippen LogP contribution in [-0.2, 0) is 11.3 Å². The third-order valence-corrected chi connectivity index (χ3v) is 5.96. The zero-order valence-electron chi connectivity index (χ0n) is 17.7. The second-order valence-corrected chi connectivity index (χ2v) is 8.01. The quantitative estimate of drug-likeness (QED) is 0.741. The van der Waals surface area contributed by atoms with Gasteiger partial charge in [0.15, 0.2) is 0 Å². The smallest absolute Gasteiger partial charge is 0.325 e. The molecule has 2 N–H and O–H groups in total. The number of likely N-dealkylation sites (tertiary alicyclic amines) is 1. The summed E-state index contributed by atoms with van der Waals surface area (Å²) in [4.78, 5) is 41.3. The number of aryl methyl sites for hydroxylation is 1. The molecule has 0 saturated carbocycles. The Balaban J connectivity index is 1.39. The molecular weight excluding hydrogens is 396 g/mol. The molecule has 4 rings (SSSR count). The number of amides is 5. The standard InChI is InChI=1S/C23H26N4O4/c1-16-7-9-17(10-8-16)15-27-20(28)23(25-22(27)30)11-13-26(14-12-23)21(29)24-18-5-3-4-6-19(18)31-2/h3-10H,11-15H2,1-2H3,(H,24,29)(H,25,30).